The maximum Gasteiger partial charge on any atom is 0.286 e. The quantitative estimate of drug-likeness (QED) is 0.230. The van der Waals surface area contributed by atoms with Crippen LogP contribution in [0, 0.1) is 0 Å². The van der Waals surface area contributed by atoms with Gasteiger partial charge in [-0.1, -0.05) is 12.1 Å². The number of amides is 1. The summed E-state index contributed by atoms with van der Waals surface area (Å²) in [5, 5.41) is 13.3. The molecule has 1 aliphatic rings. The first-order chi connectivity index (χ1) is 19.6. The molecule has 0 aliphatic carbocycles. The smallest absolute Gasteiger partial charge is 0.286 e. The summed E-state index contributed by atoms with van der Waals surface area (Å²) in [5.74, 6) is -0.0296. The number of para-hydroxylation sites is 1. The number of H-pyrrole nitrogens is 1. The monoisotopic (exact) mass is 548 g/mol. The molecule has 210 valence electrons. The number of rotatable bonds is 12. The van der Waals surface area contributed by atoms with Crippen LogP contribution in [0.25, 0.3) is 21.9 Å². The summed E-state index contributed by atoms with van der Waals surface area (Å²) >= 11 is 0. The Kier molecular flexibility index (Phi) is 8.80. The van der Waals surface area contributed by atoms with Gasteiger partial charge in [-0.25, -0.2) is 0 Å². The number of aliphatic hydroxyl groups excluding tert-OH is 1. The first kappa shape index (κ1) is 27.4. The molecule has 10 nitrogen and oxygen atoms in total. The van der Waals surface area contributed by atoms with Crippen LogP contribution in [0.3, 0.4) is 0 Å². The molecule has 0 bridgehead atoms. The van der Waals surface area contributed by atoms with E-state index < -0.39 is 18.1 Å². The van der Waals surface area contributed by atoms with Crippen molar-refractivity contribution in [3.8, 4) is 5.75 Å². The van der Waals surface area contributed by atoms with E-state index >= 15 is 0 Å². The molecule has 5 rings (SSSR count). The van der Waals surface area contributed by atoms with E-state index in [2.05, 4.69) is 10.3 Å². The van der Waals surface area contributed by atoms with Crippen molar-refractivity contribution in [3.63, 3.8) is 0 Å². The van der Waals surface area contributed by atoms with Crippen LogP contribution in [-0.4, -0.2) is 62.4 Å². The molecule has 0 saturated carbocycles. The third-order valence-corrected chi connectivity index (χ3v) is 6.81. The zero-order valence-corrected chi connectivity index (χ0v) is 22.2. The van der Waals surface area contributed by atoms with E-state index in [-0.39, 0.29) is 37.6 Å². The van der Waals surface area contributed by atoms with Gasteiger partial charge in [-0.05, 0) is 48.4 Å². The number of aliphatic hydroxyl groups is 1. The van der Waals surface area contributed by atoms with Crippen molar-refractivity contribution >= 4 is 27.8 Å². The summed E-state index contributed by atoms with van der Waals surface area (Å²) in [6, 6.07) is 12.8. The fraction of sp³-hybridized carbons (Fsp3) is 0.333. The van der Waals surface area contributed by atoms with Gasteiger partial charge in [0.15, 0.2) is 11.2 Å². The fourth-order valence-corrected chi connectivity index (χ4v) is 4.78. The largest absolute Gasteiger partial charge is 0.497 e. The van der Waals surface area contributed by atoms with Gasteiger partial charge < -0.3 is 38.8 Å². The SMILES string of the molecule is COc1ccc2[nH]cc(CCNC(=O)C3=C[C@@H](c4coc5ccccc5c4=O)C[C@@H](OCCOCCO)O3)c2c1. The van der Waals surface area contributed by atoms with Gasteiger partial charge in [-0.2, -0.15) is 0 Å². The van der Waals surface area contributed by atoms with E-state index in [1.807, 2.05) is 24.4 Å². The third kappa shape index (κ3) is 6.20. The minimum Gasteiger partial charge on any atom is -0.497 e. The molecule has 3 heterocycles. The lowest BCUT2D eigenvalue weighted by Gasteiger charge is -2.29. The summed E-state index contributed by atoms with van der Waals surface area (Å²) in [6.45, 7) is 0.935. The van der Waals surface area contributed by atoms with Crippen LogP contribution in [0.15, 0.2) is 76.0 Å². The second-order valence-corrected chi connectivity index (χ2v) is 9.37. The maximum absolute atomic E-state index is 13.3. The second-order valence-electron chi connectivity index (χ2n) is 9.37. The topological polar surface area (TPSA) is 132 Å². The van der Waals surface area contributed by atoms with Gasteiger partial charge in [0.25, 0.3) is 5.91 Å². The van der Waals surface area contributed by atoms with Crippen molar-refractivity contribution in [2.45, 2.75) is 25.0 Å². The van der Waals surface area contributed by atoms with E-state index in [1.165, 1.54) is 6.26 Å². The summed E-state index contributed by atoms with van der Waals surface area (Å²) in [7, 11) is 1.62. The molecular weight excluding hydrogens is 516 g/mol. The highest BCUT2D eigenvalue weighted by Gasteiger charge is 2.30. The minimum absolute atomic E-state index is 0.0747. The van der Waals surface area contributed by atoms with E-state index in [4.69, 9.17) is 28.5 Å². The van der Waals surface area contributed by atoms with Crippen molar-refractivity contribution in [1.29, 1.82) is 0 Å². The average molecular weight is 549 g/mol. The molecule has 1 amide bonds. The Morgan fingerprint density at radius 1 is 1.15 bits per heavy atom. The lowest BCUT2D eigenvalue weighted by atomic mass is 9.93. The van der Waals surface area contributed by atoms with E-state index in [9.17, 15) is 9.59 Å². The lowest BCUT2D eigenvalue weighted by Crippen LogP contribution is -2.35. The number of aromatic amines is 1. The van der Waals surface area contributed by atoms with Gasteiger partial charge >= 0.3 is 0 Å². The molecule has 10 heteroatoms. The van der Waals surface area contributed by atoms with Crippen molar-refractivity contribution in [2.75, 3.05) is 40.1 Å². The van der Waals surface area contributed by atoms with Crippen LogP contribution in [-0.2, 0) is 25.4 Å². The first-order valence-corrected chi connectivity index (χ1v) is 13.2. The molecule has 0 unspecified atom stereocenters. The summed E-state index contributed by atoms with van der Waals surface area (Å²) < 4.78 is 28.0. The molecule has 40 heavy (non-hydrogen) atoms. The summed E-state index contributed by atoms with van der Waals surface area (Å²) in [6.07, 6.45) is 5.14. The van der Waals surface area contributed by atoms with Crippen LogP contribution in [0.4, 0.5) is 0 Å². The third-order valence-electron chi connectivity index (χ3n) is 6.81. The number of allylic oxidation sites excluding steroid dienone is 1. The first-order valence-electron chi connectivity index (χ1n) is 13.2. The Labute approximate surface area is 230 Å². The number of benzene rings is 2. The van der Waals surface area contributed by atoms with Crippen LogP contribution < -0.4 is 15.5 Å². The van der Waals surface area contributed by atoms with Crippen molar-refractivity contribution < 1.29 is 33.3 Å². The van der Waals surface area contributed by atoms with Crippen molar-refractivity contribution in [1.82, 2.24) is 10.3 Å². The van der Waals surface area contributed by atoms with Gasteiger partial charge in [0.1, 0.15) is 11.3 Å². The number of methoxy groups -OCH3 is 1. The zero-order valence-electron chi connectivity index (χ0n) is 22.2. The number of nitrogens with one attached hydrogen (secondary N) is 2. The van der Waals surface area contributed by atoms with E-state index in [1.54, 1.807) is 37.5 Å². The minimum atomic E-state index is -0.777. The van der Waals surface area contributed by atoms with Gasteiger partial charge in [0.05, 0.1) is 45.2 Å². The molecule has 0 saturated heterocycles. The molecule has 3 N–H and O–H groups in total. The molecule has 2 atom stereocenters. The Bertz CT molecular complexity index is 1560. The van der Waals surface area contributed by atoms with Crippen molar-refractivity contribution in [2.24, 2.45) is 0 Å². The van der Waals surface area contributed by atoms with Crippen molar-refractivity contribution in [3.05, 3.63) is 88.1 Å². The van der Waals surface area contributed by atoms with Gasteiger partial charge in [-0.3, -0.25) is 9.59 Å². The highest BCUT2D eigenvalue weighted by Crippen LogP contribution is 2.31. The fourth-order valence-electron chi connectivity index (χ4n) is 4.78. The highest BCUT2D eigenvalue weighted by molar-refractivity contribution is 5.92. The van der Waals surface area contributed by atoms with Gasteiger partial charge in [-0.15, -0.1) is 0 Å². The van der Waals surface area contributed by atoms with Crippen LogP contribution in [0.1, 0.15) is 23.5 Å². The highest BCUT2D eigenvalue weighted by atomic mass is 16.7. The standard InChI is InChI=1S/C30H32N2O8/c1-36-21-6-7-25-23(16-21)19(17-32-25)8-9-31-30(35)27-14-20(15-28(40-27)38-13-12-37-11-10-33)24-18-39-26-5-3-2-4-22(26)29(24)34/h2-7,14,16-18,20,28,32-33H,8-13,15H2,1H3,(H,31,35)/t20-,28+/m1/s1. The number of aromatic nitrogens is 1. The Balaban J connectivity index is 1.31. The number of ether oxygens (including phenoxy) is 4. The number of hydrogen-bond donors (Lipinski definition) is 3. The summed E-state index contributed by atoms with van der Waals surface area (Å²) in [4.78, 5) is 29.7. The molecule has 2 aromatic heterocycles. The predicted molar refractivity (Wildman–Crippen MR) is 148 cm³/mol. The number of hydrogen-bond acceptors (Lipinski definition) is 8. The predicted octanol–water partition coefficient (Wildman–Crippen LogP) is 3.38. The number of carbonyl (C=O) groups is 1. The summed E-state index contributed by atoms with van der Waals surface area (Å²) in [5.41, 5.74) is 2.78. The Morgan fingerprint density at radius 3 is 2.88 bits per heavy atom. The Morgan fingerprint density at radius 2 is 2.02 bits per heavy atom. The van der Waals surface area contributed by atoms with Crippen LogP contribution >= 0.6 is 0 Å². The van der Waals surface area contributed by atoms with Crippen LogP contribution in [0.5, 0.6) is 5.75 Å². The number of fused-ring (bicyclic) bond motifs is 2. The Hall–Kier alpha value is -4.12. The average Bonchev–Trinajstić information content (AvgIpc) is 3.39. The molecule has 2 aromatic carbocycles. The second kappa shape index (κ2) is 12.8. The zero-order chi connectivity index (χ0) is 27.9. The molecule has 0 fully saturated rings. The molecule has 1 aliphatic heterocycles. The van der Waals surface area contributed by atoms with Gasteiger partial charge in [0, 0.05) is 41.5 Å². The van der Waals surface area contributed by atoms with Gasteiger partial charge in [0.2, 0.25) is 6.29 Å². The van der Waals surface area contributed by atoms with E-state index in [0.717, 1.165) is 22.2 Å². The maximum atomic E-state index is 13.3. The molecule has 0 spiro atoms. The molecular formula is C30H32N2O8. The molecule has 4 aromatic rings. The number of carbonyl (C=O) groups excluding carboxylic acids is 1. The normalized spacial score (nSPS) is 17.0. The van der Waals surface area contributed by atoms with E-state index in [0.29, 0.717) is 35.9 Å². The lowest BCUT2D eigenvalue weighted by molar-refractivity contribution is -0.151. The van der Waals surface area contributed by atoms with Crippen LogP contribution in [0.2, 0.25) is 0 Å². The molecule has 0 radical (unpaired) electrons.